The average molecular weight is 368 g/mol. The number of nitrogens with zero attached hydrogens (tertiary/aromatic N) is 3. The first-order valence-electron chi connectivity index (χ1n) is 8.69. The van der Waals surface area contributed by atoms with E-state index in [1.807, 2.05) is 36.4 Å². The number of pyridine rings is 1. The van der Waals surface area contributed by atoms with Gasteiger partial charge in [0.1, 0.15) is 0 Å². The van der Waals surface area contributed by atoms with Crippen molar-refractivity contribution >= 4 is 39.8 Å². The third-order valence-corrected chi connectivity index (χ3v) is 5.29. The molecule has 7 heteroatoms. The summed E-state index contributed by atoms with van der Waals surface area (Å²) in [7, 11) is 0. The van der Waals surface area contributed by atoms with Crippen LogP contribution in [0.4, 0.5) is 0 Å². The topological polar surface area (TPSA) is 66.8 Å². The van der Waals surface area contributed by atoms with Crippen LogP contribution in [0.2, 0.25) is 0 Å². The molecule has 0 unspecified atom stereocenters. The highest BCUT2D eigenvalue weighted by atomic mass is 32.2. The molecule has 26 heavy (non-hydrogen) atoms. The summed E-state index contributed by atoms with van der Waals surface area (Å²) in [4.78, 5) is 23.6. The van der Waals surface area contributed by atoms with Crippen molar-refractivity contribution in [2.24, 2.45) is 4.99 Å². The zero-order chi connectivity index (χ0) is 17.8. The SMILES string of the molecule is O=C1N=C(NCCN2CCOCC2)S/C1=C\c1ccc2ncccc2c1. The van der Waals surface area contributed by atoms with Gasteiger partial charge >= 0.3 is 0 Å². The number of aliphatic imine (C=N–C) groups is 1. The molecule has 0 spiro atoms. The Morgan fingerprint density at radius 2 is 2.15 bits per heavy atom. The van der Waals surface area contributed by atoms with E-state index in [1.54, 1.807) is 6.20 Å². The van der Waals surface area contributed by atoms with Crippen LogP contribution in [0.15, 0.2) is 46.4 Å². The molecule has 0 aliphatic carbocycles. The number of amidine groups is 1. The van der Waals surface area contributed by atoms with Gasteiger partial charge in [-0.05, 0) is 41.6 Å². The highest BCUT2D eigenvalue weighted by Gasteiger charge is 2.21. The van der Waals surface area contributed by atoms with Gasteiger partial charge in [0.15, 0.2) is 5.17 Å². The van der Waals surface area contributed by atoms with Crippen LogP contribution in [0.3, 0.4) is 0 Å². The molecule has 0 bridgehead atoms. The van der Waals surface area contributed by atoms with Gasteiger partial charge in [0.05, 0.1) is 23.6 Å². The average Bonchev–Trinajstić information content (AvgIpc) is 3.02. The number of ether oxygens (including phenoxy) is 1. The van der Waals surface area contributed by atoms with Crippen LogP contribution in [0.5, 0.6) is 0 Å². The molecule has 2 aliphatic heterocycles. The number of rotatable bonds is 4. The molecule has 0 atom stereocenters. The Kier molecular flexibility index (Phi) is 5.29. The van der Waals surface area contributed by atoms with Crippen LogP contribution in [0.1, 0.15) is 5.56 Å². The number of nitrogens with one attached hydrogen (secondary N) is 1. The van der Waals surface area contributed by atoms with E-state index in [-0.39, 0.29) is 5.91 Å². The van der Waals surface area contributed by atoms with Crippen molar-refractivity contribution < 1.29 is 9.53 Å². The Bertz CT molecular complexity index is 875. The number of morpholine rings is 1. The number of carbonyl (C=O) groups is 1. The number of amides is 1. The van der Waals surface area contributed by atoms with Crippen molar-refractivity contribution in [3.63, 3.8) is 0 Å². The van der Waals surface area contributed by atoms with E-state index in [2.05, 4.69) is 20.2 Å². The molecule has 1 aromatic carbocycles. The van der Waals surface area contributed by atoms with Crippen LogP contribution in [-0.4, -0.2) is 60.4 Å². The van der Waals surface area contributed by atoms with E-state index in [4.69, 9.17) is 4.74 Å². The molecule has 3 heterocycles. The lowest BCUT2D eigenvalue weighted by Crippen LogP contribution is -2.40. The first-order chi connectivity index (χ1) is 12.8. The maximum atomic E-state index is 12.2. The van der Waals surface area contributed by atoms with Crippen molar-refractivity contribution in [2.75, 3.05) is 39.4 Å². The minimum absolute atomic E-state index is 0.185. The van der Waals surface area contributed by atoms with Gasteiger partial charge in [-0.3, -0.25) is 14.7 Å². The van der Waals surface area contributed by atoms with Crippen molar-refractivity contribution in [1.29, 1.82) is 0 Å². The zero-order valence-electron chi connectivity index (χ0n) is 14.4. The fraction of sp³-hybridized carbons (Fsp3) is 0.316. The molecule has 1 aromatic heterocycles. The van der Waals surface area contributed by atoms with Gasteiger partial charge in [-0.25, -0.2) is 0 Å². The van der Waals surface area contributed by atoms with Gasteiger partial charge in [0.25, 0.3) is 5.91 Å². The minimum atomic E-state index is -0.185. The van der Waals surface area contributed by atoms with Crippen LogP contribution in [-0.2, 0) is 9.53 Å². The van der Waals surface area contributed by atoms with E-state index >= 15 is 0 Å². The molecule has 1 amide bonds. The minimum Gasteiger partial charge on any atom is -0.379 e. The highest BCUT2D eigenvalue weighted by molar-refractivity contribution is 8.18. The van der Waals surface area contributed by atoms with Crippen LogP contribution in [0, 0.1) is 0 Å². The molecular weight excluding hydrogens is 348 g/mol. The lowest BCUT2D eigenvalue weighted by Gasteiger charge is -2.26. The molecule has 1 saturated heterocycles. The third kappa shape index (κ3) is 4.12. The van der Waals surface area contributed by atoms with Crippen molar-refractivity contribution in [3.05, 3.63) is 47.0 Å². The summed E-state index contributed by atoms with van der Waals surface area (Å²) in [6.45, 7) is 5.21. The second-order valence-electron chi connectivity index (χ2n) is 6.17. The van der Waals surface area contributed by atoms with E-state index in [0.29, 0.717) is 10.1 Å². The molecule has 2 aliphatic rings. The number of benzene rings is 1. The van der Waals surface area contributed by atoms with E-state index in [9.17, 15) is 4.79 Å². The van der Waals surface area contributed by atoms with Crippen molar-refractivity contribution in [3.8, 4) is 0 Å². The molecule has 4 rings (SSSR count). The Morgan fingerprint density at radius 3 is 3.04 bits per heavy atom. The highest BCUT2D eigenvalue weighted by Crippen LogP contribution is 2.28. The van der Waals surface area contributed by atoms with Gasteiger partial charge in [-0.2, -0.15) is 4.99 Å². The number of carbonyl (C=O) groups excluding carboxylic acids is 1. The Morgan fingerprint density at radius 1 is 1.27 bits per heavy atom. The summed E-state index contributed by atoms with van der Waals surface area (Å²) in [5.74, 6) is -0.185. The standard InChI is InChI=1S/C19H20N4O2S/c24-18-17(13-14-3-4-16-15(12-14)2-1-5-20-16)26-19(22-18)21-6-7-23-8-10-25-11-9-23/h1-5,12-13H,6-11H2,(H,21,22,24)/b17-13-. The van der Waals surface area contributed by atoms with Crippen LogP contribution >= 0.6 is 11.8 Å². The van der Waals surface area contributed by atoms with Gasteiger partial charge in [0, 0.05) is 37.8 Å². The molecule has 0 saturated carbocycles. The largest absolute Gasteiger partial charge is 0.379 e. The summed E-state index contributed by atoms with van der Waals surface area (Å²) in [6.07, 6.45) is 3.67. The Labute approximate surface area is 156 Å². The fourth-order valence-electron chi connectivity index (χ4n) is 2.97. The van der Waals surface area contributed by atoms with Crippen LogP contribution in [0.25, 0.3) is 17.0 Å². The second kappa shape index (κ2) is 7.99. The molecule has 6 nitrogen and oxygen atoms in total. The summed E-state index contributed by atoms with van der Waals surface area (Å²) in [5, 5.41) is 5.00. The molecular formula is C19H20N4O2S. The smallest absolute Gasteiger partial charge is 0.286 e. The molecule has 134 valence electrons. The maximum absolute atomic E-state index is 12.2. The molecule has 1 N–H and O–H groups in total. The third-order valence-electron chi connectivity index (χ3n) is 4.35. The first-order valence-corrected chi connectivity index (χ1v) is 9.51. The number of fused-ring (bicyclic) bond motifs is 1. The molecule has 2 aromatic rings. The molecule has 1 fully saturated rings. The van der Waals surface area contributed by atoms with Crippen molar-refractivity contribution in [2.45, 2.75) is 0 Å². The summed E-state index contributed by atoms with van der Waals surface area (Å²) in [6, 6.07) is 9.90. The van der Waals surface area contributed by atoms with Gasteiger partial charge in [-0.1, -0.05) is 12.1 Å². The summed E-state index contributed by atoms with van der Waals surface area (Å²) in [5.41, 5.74) is 1.92. The number of hydrogen-bond acceptors (Lipinski definition) is 6. The molecule has 0 radical (unpaired) electrons. The predicted molar refractivity (Wildman–Crippen MR) is 105 cm³/mol. The Hall–Kier alpha value is -2.22. The monoisotopic (exact) mass is 368 g/mol. The zero-order valence-corrected chi connectivity index (χ0v) is 15.2. The summed E-state index contributed by atoms with van der Waals surface area (Å²) >= 11 is 1.40. The predicted octanol–water partition coefficient (Wildman–Crippen LogP) is 2.13. The van der Waals surface area contributed by atoms with Crippen LogP contribution < -0.4 is 5.32 Å². The van der Waals surface area contributed by atoms with Gasteiger partial charge in [0.2, 0.25) is 0 Å². The van der Waals surface area contributed by atoms with Gasteiger partial charge in [-0.15, -0.1) is 0 Å². The lowest BCUT2D eigenvalue weighted by atomic mass is 10.1. The van der Waals surface area contributed by atoms with E-state index < -0.39 is 0 Å². The number of aromatic nitrogens is 1. The van der Waals surface area contributed by atoms with Crippen molar-refractivity contribution in [1.82, 2.24) is 15.2 Å². The van der Waals surface area contributed by atoms with Gasteiger partial charge < -0.3 is 10.1 Å². The van der Waals surface area contributed by atoms with E-state index in [0.717, 1.165) is 55.9 Å². The first kappa shape index (κ1) is 17.2. The summed E-state index contributed by atoms with van der Waals surface area (Å²) < 4.78 is 5.34. The normalized spacial score (nSPS) is 19.9. The quantitative estimate of drug-likeness (QED) is 0.834. The second-order valence-corrected chi connectivity index (χ2v) is 7.20. The lowest BCUT2D eigenvalue weighted by molar-refractivity contribution is -0.113. The Balaban J connectivity index is 1.36. The number of hydrogen-bond donors (Lipinski definition) is 1. The maximum Gasteiger partial charge on any atom is 0.286 e. The number of thioether (sulfide) groups is 1. The fourth-order valence-corrected chi connectivity index (χ4v) is 3.80. The van der Waals surface area contributed by atoms with E-state index in [1.165, 1.54) is 11.8 Å².